The minimum absolute atomic E-state index is 0.462. The fraction of sp³-hybridized carbons (Fsp3) is 0.611. The Balaban J connectivity index is 1.96. The summed E-state index contributed by atoms with van der Waals surface area (Å²) in [7, 11) is 0. The first-order valence-corrected chi connectivity index (χ1v) is 9.79. The standard InChI is InChI=1S/C18H29N5OS/c1-6-14(7-2)16-9-15(24-23-16)10-20-18(19-8-3)21-11-17-22-12(4)13(5)25-17/h9,14H,6-8,10-11H2,1-5H3,(H2,19,20,21). The van der Waals surface area contributed by atoms with E-state index in [-0.39, 0.29) is 0 Å². The molecule has 0 radical (unpaired) electrons. The molecule has 0 unspecified atom stereocenters. The molecular weight excluding hydrogens is 334 g/mol. The van der Waals surface area contributed by atoms with Gasteiger partial charge in [0.25, 0.3) is 0 Å². The highest BCUT2D eigenvalue weighted by Gasteiger charge is 2.13. The van der Waals surface area contributed by atoms with Gasteiger partial charge in [0.05, 0.1) is 17.9 Å². The lowest BCUT2D eigenvalue weighted by Crippen LogP contribution is -2.36. The lowest BCUT2D eigenvalue weighted by atomic mass is 9.99. The van der Waals surface area contributed by atoms with E-state index in [1.54, 1.807) is 11.3 Å². The zero-order chi connectivity index (χ0) is 18.2. The third-order valence-corrected chi connectivity index (χ3v) is 5.27. The van der Waals surface area contributed by atoms with Gasteiger partial charge in [-0.3, -0.25) is 0 Å². The average molecular weight is 364 g/mol. The molecule has 6 nitrogen and oxygen atoms in total. The molecule has 0 saturated heterocycles. The molecule has 2 N–H and O–H groups in total. The van der Waals surface area contributed by atoms with E-state index in [2.05, 4.69) is 53.5 Å². The van der Waals surface area contributed by atoms with Crippen LogP contribution in [0.4, 0.5) is 0 Å². The van der Waals surface area contributed by atoms with E-state index in [1.807, 2.05) is 13.0 Å². The molecule has 0 aliphatic heterocycles. The van der Waals surface area contributed by atoms with Gasteiger partial charge in [0, 0.05) is 23.4 Å². The quantitative estimate of drug-likeness (QED) is 0.549. The minimum atomic E-state index is 0.462. The number of hydrogen-bond donors (Lipinski definition) is 2. The van der Waals surface area contributed by atoms with Crippen LogP contribution in [0.5, 0.6) is 0 Å². The highest BCUT2D eigenvalue weighted by Crippen LogP contribution is 2.22. The van der Waals surface area contributed by atoms with E-state index >= 15 is 0 Å². The van der Waals surface area contributed by atoms with Crippen molar-refractivity contribution in [3.05, 3.63) is 33.1 Å². The normalized spacial score (nSPS) is 12.0. The Morgan fingerprint density at radius 2 is 2.00 bits per heavy atom. The lowest BCUT2D eigenvalue weighted by molar-refractivity contribution is 0.372. The van der Waals surface area contributed by atoms with Crippen LogP contribution in [0.1, 0.15) is 66.6 Å². The van der Waals surface area contributed by atoms with Gasteiger partial charge in [-0.1, -0.05) is 19.0 Å². The summed E-state index contributed by atoms with van der Waals surface area (Å²) in [5.41, 5.74) is 2.13. The van der Waals surface area contributed by atoms with Crippen molar-refractivity contribution in [3.8, 4) is 0 Å². The van der Waals surface area contributed by atoms with Gasteiger partial charge in [-0.25, -0.2) is 9.98 Å². The van der Waals surface area contributed by atoms with Gasteiger partial charge in [-0.2, -0.15) is 0 Å². The molecule has 138 valence electrons. The number of rotatable bonds is 8. The Morgan fingerprint density at radius 1 is 1.24 bits per heavy atom. The molecule has 0 aliphatic rings. The van der Waals surface area contributed by atoms with Crippen LogP contribution in [0.25, 0.3) is 0 Å². The first kappa shape index (κ1) is 19.4. The number of hydrogen-bond acceptors (Lipinski definition) is 5. The lowest BCUT2D eigenvalue weighted by Gasteiger charge is -2.09. The van der Waals surface area contributed by atoms with E-state index in [9.17, 15) is 0 Å². The number of nitrogens with one attached hydrogen (secondary N) is 2. The molecule has 0 atom stereocenters. The number of aliphatic imine (C=N–C) groups is 1. The molecule has 0 aromatic carbocycles. The zero-order valence-corrected chi connectivity index (χ0v) is 16.7. The van der Waals surface area contributed by atoms with Gasteiger partial charge in [-0.15, -0.1) is 11.3 Å². The Hall–Kier alpha value is -1.89. The molecule has 0 saturated carbocycles. The third-order valence-electron chi connectivity index (χ3n) is 4.20. The Morgan fingerprint density at radius 3 is 2.60 bits per heavy atom. The summed E-state index contributed by atoms with van der Waals surface area (Å²) in [6, 6.07) is 2.03. The highest BCUT2D eigenvalue weighted by atomic mass is 32.1. The van der Waals surface area contributed by atoms with Gasteiger partial charge in [0.1, 0.15) is 11.6 Å². The van der Waals surface area contributed by atoms with Gasteiger partial charge in [0.15, 0.2) is 11.7 Å². The van der Waals surface area contributed by atoms with Crippen molar-refractivity contribution < 1.29 is 4.52 Å². The van der Waals surface area contributed by atoms with Crippen LogP contribution < -0.4 is 10.6 Å². The van der Waals surface area contributed by atoms with Crippen LogP contribution >= 0.6 is 11.3 Å². The molecule has 25 heavy (non-hydrogen) atoms. The average Bonchev–Trinajstić information content (AvgIpc) is 3.19. The van der Waals surface area contributed by atoms with Gasteiger partial charge < -0.3 is 15.2 Å². The Labute approximate surface area is 154 Å². The summed E-state index contributed by atoms with van der Waals surface area (Å²) in [5.74, 6) is 2.01. The second kappa shape index (κ2) is 9.56. The van der Waals surface area contributed by atoms with Crippen molar-refractivity contribution in [1.82, 2.24) is 20.8 Å². The summed E-state index contributed by atoms with van der Waals surface area (Å²) >= 11 is 1.72. The number of guanidine groups is 1. The summed E-state index contributed by atoms with van der Waals surface area (Å²) in [5, 5.41) is 11.8. The fourth-order valence-electron chi connectivity index (χ4n) is 2.58. The maximum atomic E-state index is 5.44. The number of aryl methyl sites for hydroxylation is 2. The van der Waals surface area contributed by atoms with E-state index in [1.165, 1.54) is 4.88 Å². The molecule has 2 heterocycles. The summed E-state index contributed by atoms with van der Waals surface area (Å²) < 4.78 is 5.44. The van der Waals surface area contributed by atoms with Crippen LogP contribution in [-0.4, -0.2) is 22.6 Å². The molecule has 2 aromatic heterocycles. The Bertz CT molecular complexity index is 668. The molecule has 2 rings (SSSR count). The predicted octanol–water partition coefficient (Wildman–Crippen LogP) is 3.91. The van der Waals surface area contributed by atoms with Gasteiger partial charge in [-0.05, 0) is 33.6 Å². The van der Waals surface area contributed by atoms with Crippen LogP contribution in [0.15, 0.2) is 15.6 Å². The van der Waals surface area contributed by atoms with Crippen LogP contribution in [0.2, 0.25) is 0 Å². The predicted molar refractivity (Wildman–Crippen MR) is 103 cm³/mol. The van der Waals surface area contributed by atoms with Crippen molar-refractivity contribution in [2.45, 2.75) is 66.5 Å². The summed E-state index contributed by atoms with van der Waals surface area (Å²) in [6.07, 6.45) is 2.14. The van der Waals surface area contributed by atoms with E-state index in [4.69, 9.17) is 4.52 Å². The van der Waals surface area contributed by atoms with Crippen molar-refractivity contribution in [2.24, 2.45) is 4.99 Å². The summed E-state index contributed by atoms with van der Waals surface area (Å²) in [4.78, 5) is 10.4. The zero-order valence-electron chi connectivity index (χ0n) is 15.8. The number of nitrogens with zero attached hydrogens (tertiary/aromatic N) is 3. The number of aromatic nitrogens is 2. The van der Waals surface area contributed by atoms with Gasteiger partial charge in [0.2, 0.25) is 0 Å². The van der Waals surface area contributed by atoms with Crippen molar-refractivity contribution in [2.75, 3.05) is 6.54 Å². The Kier molecular flexibility index (Phi) is 7.43. The van der Waals surface area contributed by atoms with Crippen molar-refractivity contribution in [1.29, 1.82) is 0 Å². The molecular formula is C18H29N5OS. The monoisotopic (exact) mass is 363 g/mol. The van der Waals surface area contributed by atoms with Gasteiger partial charge >= 0.3 is 0 Å². The molecule has 0 fully saturated rings. The fourth-order valence-corrected chi connectivity index (χ4v) is 3.45. The second-order valence-corrected chi connectivity index (χ2v) is 7.32. The second-order valence-electron chi connectivity index (χ2n) is 6.03. The van der Waals surface area contributed by atoms with Crippen molar-refractivity contribution >= 4 is 17.3 Å². The minimum Gasteiger partial charge on any atom is -0.359 e. The summed E-state index contributed by atoms with van der Waals surface area (Å²) in [6.45, 7) is 12.5. The van der Waals surface area contributed by atoms with E-state index in [0.717, 1.165) is 47.5 Å². The molecule has 0 bridgehead atoms. The smallest absolute Gasteiger partial charge is 0.192 e. The first-order valence-electron chi connectivity index (χ1n) is 8.97. The van der Waals surface area contributed by atoms with Crippen LogP contribution in [0, 0.1) is 13.8 Å². The first-order chi connectivity index (χ1) is 12.1. The molecule has 7 heteroatoms. The molecule has 0 spiro atoms. The third kappa shape index (κ3) is 5.56. The maximum Gasteiger partial charge on any atom is 0.192 e. The van der Waals surface area contributed by atoms with E-state index < -0.39 is 0 Å². The number of thiazole rings is 1. The van der Waals surface area contributed by atoms with Crippen LogP contribution in [0.3, 0.4) is 0 Å². The largest absolute Gasteiger partial charge is 0.359 e. The van der Waals surface area contributed by atoms with Crippen molar-refractivity contribution in [3.63, 3.8) is 0 Å². The maximum absolute atomic E-state index is 5.44. The topological polar surface area (TPSA) is 75.3 Å². The van der Waals surface area contributed by atoms with E-state index in [0.29, 0.717) is 19.0 Å². The molecule has 0 aliphatic carbocycles. The molecule has 2 aromatic rings. The molecule has 0 amide bonds. The highest BCUT2D eigenvalue weighted by molar-refractivity contribution is 7.11. The SMILES string of the molecule is CCNC(=NCc1cc(C(CC)CC)no1)NCc1nc(C)c(C)s1. The van der Waals surface area contributed by atoms with Crippen LogP contribution in [-0.2, 0) is 13.1 Å².